The Bertz CT molecular complexity index is 731. The average molecular weight is 371 g/mol. The summed E-state index contributed by atoms with van der Waals surface area (Å²) >= 11 is 1.81. The Morgan fingerprint density at radius 2 is 2.15 bits per heavy atom. The molecule has 4 rings (SSSR count). The molecule has 138 valence electrons. The average Bonchev–Trinajstić information content (AvgIpc) is 3.21. The quantitative estimate of drug-likeness (QED) is 0.787. The molecule has 1 N–H and O–H groups in total. The van der Waals surface area contributed by atoms with Crippen LogP contribution in [0, 0.1) is 0 Å². The number of nitrogens with one attached hydrogen (secondary N) is 1. The molecule has 0 bridgehead atoms. The number of aromatic nitrogens is 2. The fourth-order valence-corrected chi connectivity index (χ4v) is 4.11. The van der Waals surface area contributed by atoms with Crippen molar-refractivity contribution in [2.24, 2.45) is 0 Å². The first kappa shape index (κ1) is 17.8. The van der Waals surface area contributed by atoms with Gasteiger partial charge in [-0.2, -0.15) is 0 Å². The summed E-state index contributed by atoms with van der Waals surface area (Å²) in [5.74, 6) is 0.692. The third-order valence-electron chi connectivity index (χ3n) is 5.13. The van der Waals surface area contributed by atoms with Crippen LogP contribution in [0.1, 0.15) is 29.5 Å². The van der Waals surface area contributed by atoms with E-state index in [4.69, 9.17) is 4.74 Å². The zero-order valence-electron chi connectivity index (χ0n) is 15.3. The van der Waals surface area contributed by atoms with Crippen LogP contribution < -0.4 is 5.32 Å². The Morgan fingerprint density at radius 1 is 1.27 bits per heavy atom. The van der Waals surface area contributed by atoms with E-state index >= 15 is 0 Å². The fraction of sp³-hybridized carbons (Fsp3) is 0.500. The summed E-state index contributed by atoms with van der Waals surface area (Å²) in [6.07, 6.45) is 9.72. The summed E-state index contributed by atoms with van der Waals surface area (Å²) in [7, 11) is 0. The molecule has 1 atom stereocenters. The van der Waals surface area contributed by atoms with Crippen LogP contribution in [-0.4, -0.2) is 46.9 Å². The highest BCUT2D eigenvalue weighted by molar-refractivity contribution is 7.98. The SMILES string of the molecule is CSc1ccc2c(c1)CCN(Cc1cnc(NC[C@H]3CCCO3)nc1)C2. The molecular formula is C20H26N4OS. The van der Waals surface area contributed by atoms with E-state index in [2.05, 4.69) is 44.6 Å². The van der Waals surface area contributed by atoms with Crippen molar-refractivity contribution in [1.82, 2.24) is 14.9 Å². The predicted octanol–water partition coefficient (Wildman–Crippen LogP) is 3.35. The first-order valence-corrected chi connectivity index (χ1v) is 10.6. The summed E-state index contributed by atoms with van der Waals surface area (Å²) in [5.41, 5.74) is 4.11. The number of nitrogens with zero attached hydrogens (tertiary/aromatic N) is 3. The second-order valence-electron chi connectivity index (χ2n) is 7.03. The number of ether oxygens (including phenoxy) is 1. The molecule has 0 aliphatic carbocycles. The molecular weight excluding hydrogens is 344 g/mol. The van der Waals surface area contributed by atoms with Crippen LogP contribution in [0.2, 0.25) is 0 Å². The Kier molecular flexibility index (Phi) is 5.72. The number of hydrogen-bond acceptors (Lipinski definition) is 6. The molecule has 2 aliphatic heterocycles. The monoisotopic (exact) mass is 370 g/mol. The lowest BCUT2D eigenvalue weighted by molar-refractivity contribution is 0.120. The molecule has 0 radical (unpaired) electrons. The molecule has 0 saturated carbocycles. The number of thioether (sulfide) groups is 1. The van der Waals surface area contributed by atoms with Gasteiger partial charge in [-0.15, -0.1) is 11.8 Å². The van der Waals surface area contributed by atoms with Crippen LogP contribution in [0.3, 0.4) is 0 Å². The summed E-state index contributed by atoms with van der Waals surface area (Å²) < 4.78 is 5.62. The molecule has 6 heteroatoms. The first-order chi connectivity index (χ1) is 12.8. The Hall–Kier alpha value is -1.63. The molecule has 26 heavy (non-hydrogen) atoms. The van der Waals surface area contributed by atoms with Crippen molar-refractivity contribution in [3.63, 3.8) is 0 Å². The van der Waals surface area contributed by atoms with Gasteiger partial charge in [-0.25, -0.2) is 9.97 Å². The van der Waals surface area contributed by atoms with E-state index in [0.717, 1.165) is 57.6 Å². The number of anilines is 1. The van der Waals surface area contributed by atoms with E-state index in [1.54, 1.807) is 0 Å². The molecule has 0 spiro atoms. The Balaban J connectivity index is 1.31. The van der Waals surface area contributed by atoms with Crippen LogP contribution in [0.5, 0.6) is 0 Å². The van der Waals surface area contributed by atoms with Gasteiger partial charge in [0.05, 0.1) is 6.10 Å². The topological polar surface area (TPSA) is 50.3 Å². The van der Waals surface area contributed by atoms with Crippen molar-refractivity contribution in [3.05, 3.63) is 47.3 Å². The number of fused-ring (bicyclic) bond motifs is 1. The minimum Gasteiger partial charge on any atom is -0.376 e. The number of rotatable bonds is 6. The van der Waals surface area contributed by atoms with Crippen molar-refractivity contribution in [1.29, 1.82) is 0 Å². The highest BCUT2D eigenvalue weighted by Gasteiger charge is 2.17. The van der Waals surface area contributed by atoms with Gasteiger partial charge in [-0.3, -0.25) is 4.90 Å². The van der Waals surface area contributed by atoms with E-state index < -0.39 is 0 Å². The highest BCUT2D eigenvalue weighted by Crippen LogP contribution is 2.25. The zero-order valence-corrected chi connectivity index (χ0v) is 16.1. The van der Waals surface area contributed by atoms with Gasteiger partial charge < -0.3 is 10.1 Å². The third-order valence-corrected chi connectivity index (χ3v) is 5.85. The van der Waals surface area contributed by atoms with Crippen LogP contribution in [-0.2, 0) is 24.2 Å². The lowest BCUT2D eigenvalue weighted by Gasteiger charge is -2.29. The van der Waals surface area contributed by atoms with Crippen molar-refractivity contribution in [2.45, 2.75) is 43.4 Å². The van der Waals surface area contributed by atoms with Gasteiger partial charge in [0.2, 0.25) is 5.95 Å². The van der Waals surface area contributed by atoms with Gasteiger partial charge >= 0.3 is 0 Å². The molecule has 5 nitrogen and oxygen atoms in total. The molecule has 0 unspecified atom stereocenters. The van der Waals surface area contributed by atoms with E-state index in [1.807, 2.05) is 24.2 Å². The molecule has 3 heterocycles. The van der Waals surface area contributed by atoms with Crippen molar-refractivity contribution >= 4 is 17.7 Å². The largest absolute Gasteiger partial charge is 0.376 e. The Labute approximate surface area is 159 Å². The van der Waals surface area contributed by atoms with Crippen molar-refractivity contribution in [2.75, 3.05) is 31.3 Å². The molecule has 1 aromatic carbocycles. The van der Waals surface area contributed by atoms with E-state index in [1.165, 1.54) is 16.0 Å². The summed E-state index contributed by atoms with van der Waals surface area (Å²) in [6, 6.07) is 6.85. The standard InChI is InChI=1S/C20H26N4OS/c1-26-19-5-4-17-14-24(7-6-16(17)9-19)13-15-10-21-20(22-11-15)23-12-18-3-2-8-25-18/h4-5,9-11,18H,2-3,6-8,12-14H2,1H3,(H,21,22,23)/t18-/m1/s1. The second-order valence-corrected chi connectivity index (χ2v) is 7.91. The van der Waals surface area contributed by atoms with Gasteiger partial charge in [-0.1, -0.05) is 6.07 Å². The molecule has 2 aromatic rings. The zero-order chi connectivity index (χ0) is 17.8. The van der Waals surface area contributed by atoms with E-state index in [-0.39, 0.29) is 0 Å². The smallest absolute Gasteiger partial charge is 0.222 e. The summed E-state index contributed by atoms with van der Waals surface area (Å²) in [6.45, 7) is 4.66. The van der Waals surface area contributed by atoms with E-state index in [0.29, 0.717) is 12.1 Å². The number of benzene rings is 1. The molecule has 1 fully saturated rings. The second kappa shape index (κ2) is 8.37. The molecule has 1 saturated heterocycles. The normalized spacial score (nSPS) is 20.1. The fourth-order valence-electron chi connectivity index (χ4n) is 3.65. The minimum absolute atomic E-state index is 0.304. The number of hydrogen-bond donors (Lipinski definition) is 1. The van der Waals surface area contributed by atoms with Crippen LogP contribution in [0.4, 0.5) is 5.95 Å². The minimum atomic E-state index is 0.304. The third kappa shape index (κ3) is 4.37. The van der Waals surface area contributed by atoms with Gasteiger partial charge in [0.25, 0.3) is 0 Å². The van der Waals surface area contributed by atoms with Crippen LogP contribution in [0.15, 0.2) is 35.5 Å². The maximum atomic E-state index is 5.62. The van der Waals surface area contributed by atoms with Gasteiger partial charge in [0.1, 0.15) is 0 Å². The van der Waals surface area contributed by atoms with Crippen molar-refractivity contribution in [3.8, 4) is 0 Å². The van der Waals surface area contributed by atoms with Gasteiger partial charge in [0.15, 0.2) is 0 Å². The molecule has 0 amide bonds. The Morgan fingerprint density at radius 3 is 2.92 bits per heavy atom. The highest BCUT2D eigenvalue weighted by atomic mass is 32.2. The predicted molar refractivity (Wildman–Crippen MR) is 106 cm³/mol. The maximum absolute atomic E-state index is 5.62. The van der Waals surface area contributed by atoms with Crippen molar-refractivity contribution < 1.29 is 4.74 Å². The van der Waals surface area contributed by atoms with Crippen LogP contribution in [0.25, 0.3) is 0 Å². The van der Waals surface area contributed by atoms with E-state index in [9.17, 15) is 0 Å². The summed E-state index contributed by atoms with van der Waals surface area (Å²) in [4.78, 5) is 12.8. The molecule has 1 aromatic heterocycles. The first-order valence-electron chi connectivity index (χ1n) is 9.35. The lowest BCUT2D eigenvalue weighted by Crippen LogP contribution is -2.30. The molecule has 2 aliphatic rings. The van der Waals surface area contributed by atoms with Crippen LogP contribution >= 0.6 is 11.8 Å². The van der Waals surface area contributed by atoms with Gasteiger partial charge in [0, 0.05) is 55.6 Å². The lowest BCUT2D eigenvalue weighted by atomic mass is 9.99. The summed E-state index contributed by atoms with van der Waals surface area (Å²) in [5, 5.41) is 3.28. The van der Waals surface area contributed by atoms with Gasteiger partial charge in [-0.05, 0) is 48.8 Å². The maximum Gasteiger partial charge on any atom is 0.222 e.